The lowest BCUT2D eigenvalue weighted by molar-refractivity contribution is -0.137. The Balaban J connectivity index is 1.87. The summed E-state index contributed by atoms with van der Waals surface area (Å²) in [4.78, 5) is 53.6. The van der Waals surface area contributed by atoms with Gasteiger partial charge in [-0.15, -0.1) is 0 Å². The van der Waals surface area contributed by atoms with Crippen LogP contribution in [0.5, 0.6) is 0 Å². The van der Waals surface area contributed by atoms with Crippen LogP contribution in [0.2, 0.25) is 0 Å². The highest BCUT2D eigenvalue weighted by Gasteiger charge is 2.50. The average Bonchev–Trinajstić information content (AvgIpc) is 3.09. The summed E-state index contributed by atoms with van der Waals surface area (Å²) in [7, 11) is 4.58. The zero-order chi connectivity index (χ0) is 21.3. The minimum atomic E-state index is -0.639. The largest absolute Gasteiger partial charge is 0.383 e. The number of hydrogen-bond acceptors (Lipinski definition) is 6. The molecular weight excluding hydrogens is 376 g/mol. The molecule has 3 rings (SSSR count). The molecule has 0 bridgehead atoms. The first-order chi connectivity index (χ1) is 13.8. The fourth-order valence-electron chi connectivity index (χ4n) is 3.64. The number of nitrogens with zero attached hydrogens (tertiary/aromatic N) is 3. The number of anilines is 1. The smallest absolute Gasteiger partial charge is 0.327 e. The normalized spacial score (nSPS) is 21.2. The van der Waals surface area contributed by atoms with E-state index in [1.54, 1.807) is 49.4 Å². The van der Waals surface area contributed by atoms with Crippen molar-refractivity contribution < 1.29 is 23.9 Å². The van der Waals surface area contributed by atoms with Crippen LogP contribution in [0, 0.1) is 5.92 Å². The van der Waals surface area contributed by atoms with Gasteiger partial charge in [0.15, 0.2) is 5.78 Å². The number of carbonyl (C=O) groups excluding carboxylic acids is 4. The molecule has 0 saturated carbocycles. The summed E-state index contributed by atoms with van der Waals surface area (Å²) in [5.41, 5.74) is 1.37. The standard InChI is InChI=1S/C20H24N4O5/c1-12(25)13-5-7-14(8-6-13)21-17(26)16-11-15-18(24(16)9-10-29-4)22(2)20(28)23(3)19(15)27/h5-8,11,15,18H,9-10H2,1-4H3,(H,21,26). The molecule has 0 spiro atoms. The molecule has 0 aliphatic carbocycles. The molecule has 0 aromatic heterocycles. The van der Waals surface area contributed by atoms with E-state index in [9.17, 15) is 19.2 Å². The number of imide groups is 1. The second-order valence-electron chi connectivity index (χ2n) is 7.06. The van der Waals surface area contributed by atoms with Crippen molar-refractivity contribution in [1.29, 1.82) is 0 Å². The molecule has 9 heteroatoms. The molecule has 1 aromatic carbocycles. The van der Waals surface area contributed by atoms with Crippen LogP contribution in [0.25, 0.3) is 0 Å². The second kappa shape index (κ2) is 8.04. The first kappa shape index (κ1) is 20.5. The van der Waals surface area contributed by atoms with Gasteiger partial charge in [-0.3, -0.25) is 19.3 Å². The summed E-state index contributed by atoms with van der Waals surface area (Å²) >= 11 is 0. The van der Waals surface area contributed by atoms with E-state index >= 15 is 0 Å². The van der Waals surface area contributed by atoms with Crippen molar-refractivity contribution in [3.63, 3.8) is 0 Å². The fourth-order valence-corrected chi connectivity index (χ4v) is 3.64. The third-order valence-electron chi connectivity index (χ3n) is 5.21. The predicted molar refractivity (Wildman–Crippen MR) is 105 cm³/mol. The van der Waals surface area contributed by atoms with Crippen molar-refractivity contribution in [3.05, 3.63) is 41.6 Å². The zero-order valence-corrected chi connectivity index (χ0v) is 16.8. The van der Waals surface area contributed by atoms with Crippen molar-refractivity contribution >= 4 is 29.3 Å². The van der Waals surface area contributed by atoms with Crippen LogP contribution in [0.1, 0.15) is 17.3 Å². The summed E-state index contributed by atoms with van der Waals surface area (Å²) in [5, 5.41) is 2.79. The van der Waals surface area contributed by atoms with Crippen LogP contribution in [-0.4, -0.2) is 78.9 Å². The van der Waals surface area contributed by atoms with Gasteiger partial charge in [0.1, 0.15) is 11.9 Å². The summed E-state index contributed by atoms with van der Waals surface area (Å²) in [6.07, 6.45) is 1.02. The fraction of sp³-hybridized carbons (Fsp3) is 0.400. The minimum absolute atomic E-state index is 0.0634. The van der Waals surface area contributed by atoms with E-state index in [-0.39, 0.29) is 11.7 Å². The number of hydrogen-bond donors (Lipinski definition) is 1. The van der Waals surface area contributed by atoms with Crippen LogP contribution < -0.4 is 5.32 Å². The van der Waals surface area contributed by atoms with Gasteiger partial charge in [0.25, 0.3) is 5.91 Å². The highest BCUT2D eigenvalue weighted by atomic mass is 16.5. The van der Waals surface area contributed by atoms with E-state index in [1.165, 1.54) is 18.9 Å². The maximum absolute atomic E-state index is 13.0. The van der Waals surface area contributed by atoms with Gasteiger partial charge in [0.05, 0.1) is 12.5 Å². The summed E-state index contributed by atoms with van der Waals surface area (Å²) in [5.74, 6) is -1.46. The van der Waals surface area contributed by atoms with Crippen molar-refractivity contribution in [2.45, 2.75) is 13.1 Å². The van der Waals surface area contributed by atoms with Crippen LogP contribution in [0.4, 0.5) is 10.5 Å². The third kappa shape index (κ3) is 3.73. The Morgan fingerprint density at radius 3 is 2.38 bits per heavy atom. The third-order valence-corrected chi connectivity index (χ3v) is 5.21. The number of amides is 4. The monoisotopic (exact) mass is 400 g/mol. The van der Waals surface area contributed by atoms with E-state index in [0.29, 0.717) is 30.1 Å². The van der Waals surface area contributed by atoms with Gasteiger partial charge in [-0.2, -0.15) is 0 Å². The van der Waals surface area contributed by atoms with E-state index in [2.05, 4.69) is 5.32 Å². The van der Waals surface area contributed by atoms with Gasteiger partial charge < -0.3 is 19.9 Å². The SMILES string of the molecule is COCCN1C(C(=O)Nc2ccc(C(C)=O)cc2)=CC2C(=O)N(C)C(=O)N(C)C21. The highest BCUT2D eigenvalue weighted by Crippen LogP contribution is 2.34. The molecule has 29 heavy (non-hydrogen) atoms. The maximum Gasteiger partial charge on any atom is 0.327 e. The number of benzene rings is 1. The minimum Gasteiger partial charge on any atom is -0.383 e. The lowest BCUT2D eigenvalue weighted by Gasteiger charge is -2.43. The molecule has 2 aliphatic heterocycles. The lowest BCUT2D eigenvalue weighted by Crippen LogP contribution is -2.62. The molecular formula is C20H24N4O5. The van der Waals surface area contributed by atoms with E-state index in [1.807, 2.05) is 0 Å². The molecule has 2 unspecified atom stereocenters. The molecule has 2 heterocycles. The Hall–Kier alpha value is -3.20. The van der Waals surface area contributed by atoms with Gasteiger partial charge in [-0.1, -0.05) is 0 Å². The maximum atomic E-state index is 13.0. The topological polar surface area (TPSA) is 99.3 Å². The molecule has 9 nitrogen and oxygen atoms in total. The summed E-state index contributed by atoms with van der Waals surface area (Å²) < 4.78 is 5.14. The Morgan fingerprint density at radius 1 is 1.14 bits per heavy atom. The molecule has 2 aliphatic rings. The molecule has 1 saturated heterocycles. The molecule has 2 atom stereocenters. The van der Waals surface area contributed by atoms with E-state index in [0.717, 1.165) is 4.90 Å². The average molecular weight is 400 g/mol. The highest BCUT2D eigenvalue weighted by molar-refractivity contribution is 6.06. The zero-order valence-electron chi connectivity index (χ0n) is 16.8. The number of nitrogens with one attached hydrogen (secondary N) is 1. The number of rotatable bonds is 6. The molecule has 1 aromatic rings. The lowest BCUT2D eigenvalue weighted by atomic mass is 10.0. The Labute approximate surface area is 168 Å². The molecule has 1 N–H and O–H groups in total. The van der Waals surface area contributed by atoms with Gasteiger partial charge in [-0.25, -0.2) is 4.79 Å². The Morgan fingerprint density at radius 2 is 1.79 bits per heavy atom. The van der Waals surface area contributed by atoms with Gasteiger partial charge in [0, 0.05) is 39.0 Å². The van der Waals surface area contributed by atoms with E-state index < -0.39 is 24.0 Å². The van der Waals surface area contributed by atoms with Crippen LogP contribution in [-0.2, 0) is 14.3 Å². The van der Waals surface area contributed by atoms with E-state index in [4.69, 9.17) is 4.74 Å². The number of ether oxygens (including phenoxy) is 1. The van der Waals surface area contributed by atoms with Crippen molar-refractivity contribution in [1.82, 2.24) is 14.7 Å². The summed E-state index contributed by atoms with van der Waals surface area (Å²) in [6.45, 7) is 2.14. The molecule has 0 radical (unpaired) electrons. The first-order valence-corrected chi connectivity index (χ1v) is 9.20. The number of carbonyl (C=O) groups is 4. The Bertz CT molecular complexity index is 879. The van der Waals surface area contributed by atoms with Gasteiger partial charge in [-0.05, 0) is 37.3 Å². The van der Waals surface area contributed by atoms with Gasteiger partial charge in [0.2, 0.25) is 5.91 Å². The van der Waals surface area contributed by atoms with Gasteiger partial charge >= 0.3 is 6.03 Å². The number of ketones is 1. The van der Waals surface area contributed by atoms with Crippen LogP contribution >= 0.6 is 0 Å². The molecule has 4 amide bonds. The van der Waals surface area contributed by atoms with Crippen LogP contribution in [0.3, 0.4) is 0 Å². The van der Waals surface area contributed by atoms with Crippen molar-refractivity contribution in [3.8, 4) is 0 Å². The predicted octanol–water partition coefficient (Wildman–Crippen LogP) is 1.14. The number of Topliss-reactive ketones (excluding diaryl/α,β-unsaturated/α-hetero) is 1. The quantitative estimate of drug-likeness (QED) is 0.719. The second-order valence-corrected chi connectivity index (χ2v) is 7.06. The number of methoxy groups -OCH3 is 1. The van der Waals surface area contributed by atoms with Crippen molar-refractivity contribution in [2.75, 3.05) is 39.7 Å². The number of fused-ring (bicyclic) bond motifs is 1. The summed E-state index contributed by atoms with van der Waals surface area (Å²) in [6, 6.07) is 6.13. The van der Waals surface area contributed by atoms with Crippen molar-refractivity contribution in [2.24, 2.45) is 5.92 Å². The number of urea groups is 1. The van der Waals surface area contributed by atoms with Crippen LogP contribution in [0.15, 0.2) is 36.0 Å². The molecule has 154 valence electrons. The molecule has 1 fully saturated rings. The first-order valence-electron chi connectivity index (χ1n) is 9.20. The Kier molecular flexibility index (Phi) is 5.69.